The Labute approximate surface area is 199 Å². The molecule has 1 fully saturated rings. The van der Waals surface area contributed by atoms with Crippen LogP contribution in [0.25, 0.3) is 22.4 Å². The number of sulfone groups is 1. The number of nitrogens with zero attached hydrogens (tertiary/aromatic N) is 3. The molecule has 1 aliphatic heterocycles. The summed E-state index contributed by atoms with van der Waals surface area (Å²) < 4.78 is 29.7. The van der Waals surface area contributed by atoms with Crippen LogP contribution in [0, 0.1) is 5.41 Å². The standard InChI is InChI=1S/C24H30N4O5S/c1-15(14-29)33-18-10-16(9-17(11-18)28-5-7-34(31,32)8-6-28)20-13-26-23-21(27-20)19(12-25-23)22(30)24(2,3)4/h9-13,15,29H,5-8,14H2,1-4H3,(H,25,26). The first-order valence-electron chi connectivity index (χ1n) is 11.2. The van der Waals surface area contributed by atoms with Crippen molar-refractivity contribution >= 4 is 32.5 Å². The lowest BCUT2D eigenvalue weighted by Gasteiger charge is -2.29. The highest BCUT2D eigenvalue weighted by atomic mass is 32.2. The molecule has 1 aromatic carbocycles. The number of carbonyl (C=O) groups is 1. The number of rotatable bonds is 6. The third-order valence-electron chi connectivity index (χ3n) is 5.80. The Morgan fingerprint density at radius 2 is 1.94 bits per heavy atom. The SMILES string of the molecule is CC(CO)Oc1cc(-c2cnc3[nH]cc(C(=O)C(C)(C)C)c3n2)cc(N2CCS(=O)(=O)CC2)c1. The molecule has 0 amide bonds. The van der Waals surface area contributed by atoms with Crippen LogP contribution in [-0.2, 0) is 9.84 Å². The van der Waals surface area contributed by atoms with E-state index in [9.17, 15) is 18.3 Å². The number of Topliss-reactive ketones (excluding diaryl/α,β-unsaturated/α-hetero) is 1. The van der Waals surface area contributed by atoms with Crippen LogP contribution in [0.1, 0.15) is 38.1 Å². The topological polar surface area (TPSA) is 125 Å². The first-order chi connectivity index (χ1) is 16.0. The largest absolute Gasteiger partial charge is 0.488 e. The van der Waals surface area contributed by atoms with Gasteiger partial charge in [0.15, 0.2) is 21.3 Å². The van der Waals surface area contributed by atoms with Crippen molar-refractivity contribution in [3.05, 3.63) is 36.2 Å². The van der Waals surface area contributed by atoms with Crippen LogP contribution >= 0.6 is 0 Å². The predicted octanol–water partition coefficient (Wildman–Crippen LogP) is 2.85. The van der Waals surface area contributed by atoms with E-state index in [1.807, 2.05) is 43.9 Å². The molecule has 182 valence electrons. The fourth-order valence-electron chi connectivity index (χ4n) is 3.83. The van der Waals surface area contributed by atoms with Crippen LogP contribution in [0.15, 0.2) is 30.6 Å². The summed E-state index contributed by atoms with van der Waals surface area (Å²) in [5, 5.41) is 9.44. The maximum absolute atomic E-state index is 12.9. The Morgan fingerprint density at radius 1 is 1.24 bits per heavy atom. The molecule has 0 radical (unpaired) electrons. The van der Waals surface area contributed by atoms with Crippen molar-refractivity contribution < 1.29 is 23.1 Å². The lowest BCUT2D eigenvalue weighted by molar-refractivity contribution is 0.0860. The van der Waals surface area contributed by atoms with E-state index in [0.29, 0.717) is 41.3 Å². The molecule has 0 bridgehead atoms. The zero-order valence-corrected chi connectivity index (χ0v) is 20.6. The summed E-state index contributed by atoms with van der Waals surface area (Å²) in [6.45, 7) is 7.96. The van der Waals surface area contributed by atoms with Crippen molar-refractivity contribution in [2.24, 2.45) is 5.41 Å². The van der Waals surface area contributed by atoms with E-state index >= 15 is 0 Å². The normalized spacial score (nSPS) is 17.0. The van der Waals surface area contributed by atoms with Crippen molar-refractivity contribution in [1.82, 2.24) is 15.0 Å². The van der Waals surface area contributed by atoms with Gasteiger partial charge in [0.05, 0.1) is 35.6 Å². The maximum Gasteiger partial charge on any atom is 0.171 e. The highest BCUT2D eigenvalue weighted by Gasteiger charge is 2.27. The number of fused-ring (bicyclic) bond motifs is 1. The molecule has 2 N–H and O–H groups in total. The average molecular weight is 487 g/mol. The Balaban J connectivity index is 1.78. The molecule has 4 rings (SSSR count). The number of aliphatic hydroxyl groups is 1. The van der Waals surface area contributed by atoms with Gasteiger partial charge in [-0.05, 0) is 19.1 Å². The zero-order chi connectivity index (χ0) is 24.7. The van der Waals surface area contributed by atoms with Gasteiger partial charge in [0, 0.05) is 42.0 Å². The number of aliphatic hydroxyl groups excluding tert-OH is 1. The average Bonchev–Trinajstić information content (AvgIpc) is 3.20. The number of H-pyrrole nitrogens is 1. The summed E-state index contributed by atoms with van der Waals surface area (Å²) in [6.07, 6.45) is 2.85. The van der Waals surface area contributed by atoms with Gasteiger partial charge in [0.2, 0.25) is 0 Å². The van der Waals surface area contributed by atoms with Gasteiger partial charge in [-0.3, -0.25) is 4.79 Å². The van der Waals surface area contributed by atoms with E-state index in [0.717, 1.165) is 11.3 Å². The molecule has 0 aliphatic carbocycles. The first-order valence-corrected chi connectivity index (χ1v) is 13.1. The van der Waals surface area contributed by atoms with Crippen molar-refractivity contribution in [3.63, 3.8) is 0 Å². The minimum Gasteiger partial charge on any atom is -0.488 e. The van der Waals surface area contributed by atoms with E-state index < -0.39 is 21.4 Å². The van der Waals surface area contributed by atoms with Crippen LogP contribution in [0.3, 0.4) is 0 Å². The maximum atomic E-state index is 12.9. The fourth-order valence-corrected chi connectivity index (χ4v) is 5.03. The Hall–Kier alpha value is -2.98. The number of benzene rings is 1. The second kappa shape index (κ2) is 8.99. The van der Waals surface area contributed by atoms with Crippen molar-refractivity contribution in [2.45, 2.75) is 33.8 Å². The lowest BCUT2D eigenvalue weighted by atomic mass is 9.87. The Morgan fingerprint density at radius 3 is 2.59 bits per heavy atom. The number of hydrogen-bond acceptors (Lipinski definition) is 8. The number of carbonyl (C=O) groups excluding carboxylic acids is 1. The van der Waals surface area contributed by atoms with Crippen molar-refractivity contribution in [1.29, 1.82) is 0 Å². The fraction of sp³-hybridized carbons (Fsp3) is 0.458. The quantitative estimate of drug-likeness (QED) is 0.510. The molecular formula is C24H30N4O5S. The second-order valence-electron chi connectivity index (χ2n) is 9.70. The minimum absolute atomic E-state index is 0.0331. The molecule has 34 heavy (non-hydrogen) atoms. The molecule has 2 aromatic heterocycles. The van der Waals surface area contributed by atoms with Crippen LogP contribution in [-0.4, -0.2) is 71.6 Å². The molecule has 1 atom stereocenters. The number of aromatic nitrogens is 3. The molecule has 10 heteroatoms. The van der Waals surface area contributed by atoms with Gasteiger partial charge in [-0.15, -0.1) is 0 Å². The number of nitrogens with one attached hydrogen (secondary N) is 1. The van der Waals surface area contributed by atoms with Gasteiger partial charge < -0.3 is 19.7 Å². The molecule has 0 saturated carbocycles. The number of aromatic amines is 1. The monoisotopic (exact) mass is 486 g/mol. The third kappa shape index (κ3) is 5.07. The summed E-state index contributed by atoms with van der Waals surface area (Å²) in [6, 6.07) is 5.57. The van der Waals surface area contributed by atoms with Gasteiger partial charge in [-0.2, -0.15) is 0 Å². The smallest absolute Gasteiger partial charge is 0.171 e. The number of hydrogen-bond donors (Lipinski definition) is 2. The van der Waals surface area contributed by atoms with E-state index in [1.165, 1.54) is 0 Å². The van der Waals surface area contributed by atoms with Gasteiger partial charge >= 0.3 is 0 Å². The van der Waals surface area contributed by atoms with Crippen molar-refractivity contribution in [3.8, 4) is 17.0 Å². The highest BCUT2D eigenvalue weighted by molar-refractivity contribution is 7.91. The molecule has 1 saturated heterocycles. The van der Waals surface area contributed by atoms with Crippen molar-refractivity contribution in [2.75, 3.05) is 36.1 Å². The van der Waals surface area contributed by atoms with Gasteiger partial charge in [0.1, 0.15) is 17.4 Å². The molecule has 0 spiro atoms. The first kappa shape index (κ1) is 24.2. The summed E-state index contributed by atoms with van der Waals surface area (Å²) in [5.74, 6) is 0.681. The summed E-state index contributed by atoms with van der Waals surface area (Å²) in [5.41, 5.74) is 3.02. The van der Waals surface area contributed by atoms with Gasteiger partial charge in [-0.1, -0.05) is 20.8 Å². The Kier molecular flexibility index (Phi) is 6.39. The summed E-state index contributed by atoms with van der Waals surface area (Å²) in [4.78, 5) is 27.2. The van der Waals surface area contributed by atoms with E-state index in [2.05, 4.69) is 9.97 Å². The Bertz CT molecular complexity index is 1310. The summed E-state index contributed by atoms with van der Waals surface area (Å²) >= 11 is 0. The second-order valence-corrected chi connectivity index (χ2v) is 12.0. The van der Waals surface area contributed by atoms with E-state index in [4.69, 9.17) is 9.72 Å². The third-order valence-corrected chi connectivity index (χ3v) is 7.41. The number of ether oxygens (including phenoxy) is 1. The van der Waals surface area contributed by atoms with E-state index in [1.54, 1.807) is 19.3 Å². The van der Waals surface area contributed by atoms with Gasteiger partial charge in [0.25, 0.3) is 0 Å². The molecule has 1 unspecified atom stereocenters. The van der Waals surface area contributed by atoms with Crippen LogP contribution in [0.5, 0.6) is 5.75 Å². The summed E-state index contributed by atoms with van der Waals surface area (Å²) in [7, 11) is -3.03. The predicted molar refractivity (Wildman–Crippen MR) is 131 cm³/mol. The van der Waals surface area contributed by atoms with Crippen LogP contribution in [0.4, 0.5) is 5.69 Å². The lowest BCUT2D eigenvalue weighted by Crippen LogP contribution is -2.40. The molecule has 1 aliphatic rings. The van der Waals surface area contributed by atoms with Crippen LogP contribution in [0.2, 0.25) is 0 Å². The van der Waals surface area contributed by atoms with Crippen LogP contribution < -0.4 is 9.64 Å². The molecule has 3 heterocycles. The highest BCUT2D eigenvalue weighted by Crippen LogP contribution is 2.32. The number of anilines is 1. The molecule has 3 aromatic rings. The molecule has 9 nitrogen and oxygen atoms in total. The van der Waals surface area contributed by atoms with E-state index in [-0.39, 0.29) is 23.9 Å². The minimum atomic E-state index is -3.03. The molecular weight excluding hydrogens is 456 g/mol. The zero-order valence-electron chi connectivity index (χ0n) is 19.8. The number of ketones is 1. The van der Waals surface area contributed by atoms with Gasteiger partial charge in [-0.25, -0.2) is 18.4 Å².